The zero-order valence-electron chi connectivity index (χ0n) is 10.8. The molecule has 0 saturated carbocycles. The summed E-state index contributed by atoms with van der Waals surface area (Å²) in [5.74, 6) is 5.30. The predicted molar refractivity (Wildman–Crippen MR) is 75.4 cm³/mol. The molecule has 7 heteroatoms. The van der Waals surface area contributed by atoms with Gasteiger partial charge >= 0.3 is 0 Å². The number of hydrogen-bond acceptors (Lipinski definition) is 6. The number of aliphatic hydroxyl groups excluding tert-OH is 1. The SMILES string of the molecule is CCc1nnsc1C(=O)Nc1cccc(C#CCO)n1. The zero-order valence-corrected chi connectivity index (χ0v) is 11.6. The fraction of sp³-hybridized carbons (Fsp3) is 0.231. The number of aromatic nitrogens is 3. The molecule has 0 fully saturated rings. The molecule has 2 heterocycles. The van der Waals surface area contributed by atoms with Gasteiger partial charge in [0.15, 0.2) is 0 Å². The molecule has 0 aliphatic rings. The van der Waals surface area contributed by atoms with Gasteiger partial charge < -0.3 is 10.4 Å². The fourth-order valence-electron chi connectivity index (χ4n) is 1.49. The highest BCUT2D eigenvalue weighted by atomic mass is 32.1. The maximum Gasteiger partial charge on any atom is 0.270 e. The van der Waals surface area contributed by atoms with Gasteiger partial charge in [-0.2, -0.15) is 0 Å². The van der Waals surface area contributed by atoms with Crippen LogP contribution in [0.2, 0.25) is 0 Å². The zero-order chi connectivity index (χ0) is 14.4. The Morgan fingerprint density at radius 2 is 2.35 bits per heavy atom. The third-order valence-electron chi connectivity index (χ3n) is 2.38. The molecule has 0 bridgehead atoms. The Morgan fingerprint density at radius 3 is 3.10 bits per heavy atom. The standard InChI is InChI=1S/C13H12N4O2S/c1-2-10-12(20-17-16-10)13(19)15-11-7-3-5-9(14-11)6-4-8-18/h3,5,7,18H,2,8H2,1H3,(H,14,15,19). The van der Waals surface area contributed by atoms with Crippen LogP contribution in [0.4, 0.5) is 5.82 Å². The van der Waals surface area contributed by atoms with Crippen LogP contribution in [-0.2, 0) is 6.42 Å². The molecule has 0 radical (unpaired) electrons. The number of hydrogen-bond donors (Lipinski definition) is 2. The monoisotopic (exact) mass is 288 g/mol. The van der Waals surface area contributed by atoms with Crippen molar-refractivity contribution >= 4 is 23.3 Å². The van der Waals surface area contributed by atoms with Crippen LogP contribution in [0.1, 0.15) is 28.0 Å². The van der Waals surface area contributed by atoms with Gasteiger partial charge in [0.05, 0.1) is 5.69 Å². The van der Waals surface area contributed by atoms with Crippen molar-refractivity contribution in [2.45, 2.75) is 13.3 Å². The van der Waals surface area contributed by atoms with Crippen molar-refractivity contribution in [3.8, 4) is 11.8 Å². The minimum Gasteiger partial charge on any atom is -0.384 e. The van der Waals surface area contributed by atoms with Crippen molar-refractivity contribution in [2.24, 2.45) is 0 Å². The first-order valence-electron chi connectivity index (χ1n) is 5.94. The van der Waals surface area contributed by atoms with Gasteiger partial charge in [0.25, 0.3) is 5.91 Å². The molecule has 0 unspecified atom stereocenters. The van der Waals surface area contributed by atoms with Gasteiger partial charge in [-0.15, -0.1) is 5.10 Å². The van der Waals surface area contributed by atoms with E-state index in [-0.39, 0.29) is 12.5 Å². The Bertz CT molecular complexity index is 672. The van der Waals surface area contributed by atoms with Crippen molar-refractivity contribution in [2.75, 3.05) is 11.9 Å². The first kappa shape index (κ1) is 14.1. The largest absolute Gasteiger partial charge is 0.384 e. The molecular formula is C13H12N4O2S. The molecule has 102 valence electrons. The number of carbonyl (C=O) groups excluding carboxylic acids is 1. The first-order valence-corrected chi connectivity index (χ1v) is 6.71. The number of nitrogens with zero attached hydrogens (tertiary/aromatic N) is 3. The summed E-state index contributed by atoms with van der Waals surface area (Å²) < 4.78 is 3.77. The van der Waals surface area contributed by atoms with E-state index < -0.39 is 0 Å². The summed E-state index contributed by atoms with van der Waals surface area (Å²) in [5.41, 5.74) is 1.15. The van der Waals surface area contributed by atoms with Crippen molar-refractivity contribution in [1.82, 2.24) is 14.6 Å². The lowest BCUT2D eigenvalue weighted by Crippen LogP contribution is -2.13. The fourth-order valence-corrected chi connectivity index (χ4v) is 2.14. The number of nitrogens with one attached hydrogen (secondary N) is 1. The quantitative estimate of drug-likeness (QED) is 0.825. The summed E-state index contributed by atoms with van der Waals surface area (Å²) in [5, 5.41) is 15.2. The minimum absolute atomic E-state index is 0.231. The number of pyridine rings is 1. The second-order valence-corrected chi connectivity index (χ2v) is 4.48. The highest BCUT2D eigenvalue weighted by Crippen LogP contribution is 2.14. The van der Waals surface area contributed by atoms with Crippen molar-refractivity contribution < 1.29 is 9.90 Å². The van der Waals surface area contributed by atoms with Crippen LogP contribution in [0, 0.1) is 11.8 Å². The summed E-state index contributed by atoms with van der Waals surface area (Å²) in [6.45, 7) is 1.68. The van der Waals surface area contributed by atoms with Crippen LogP contribution in [-0.4, -0.2) is 32.2 Å². The number of aliphatic hydroxyl groups is 1. The summed E-state index contributed by atoms with van der Waals surface area (Å²) in [4.78, 5) is 16.7. The molecule has 0 aliphatic carbocycles. The van der Waals surface area contributed by atoms with E-state index in [1.807, 2.05) is 6.92 Å². The Kier molecular flexibility index (Phi) is 4.76. The predicted octanol–water partition coefficient (Wildman–Crippen LogP) is 1.09. The normalized spacial score (nSPS) is 9.70. The van der Waals surface area contributed by atoms with E-state index in [4.69, 9.17) is 5.11 Å². The molecule has 2 rings (SSSR count). The molecule has 6 nitrogen and oxygen atoms in total. The molecule has 20 heavy (non-hydrogen) atoms. The third kappa shape index (κ3) is 3.38. The Balaban J connectivity index is 2.16. The molecule has 0 saturated heterocycles. The van der Waals surface area contributed by atoms with E-state index in [1.165, 1.54) is 0 Å². The molecule has 0 spiro atoms. The summed E-state index contributed by atoms with van der Waals surface area (Å²) >= 11 is 1.06. The van der Waals surface area contributed by atoms with Gasteiger partial charge in [-0.05, 0) is 36.0 Å². The van der Waals surface area contributed by atoms with Crippen LogP contribution >= 0.6 is 11.5 Å². The smallest absolute Gasteiger partial charge is 0.270 e. The van der Waals surface area contributed by atoms with Gasteiger partial charge in [0.1, 0.15) is 23.0 Å². The average molecular weight is 288 g/mol. The van der Waals surface area contributed by atoms with Crippen molar-refractivity contribution in [3.63, 3.8) is 0 Å². The van der Waals surface area contributed by atoms with Gasteiger partial charge in [-0.25, -0.2) is 4.98 Å². The number of carbonyl (C=O) groups is 1. The molecule has 0 atom stereocenters. The van der Waals surface area contributed by atoms with E-state index in [9.17, 15) is 4.79 Å². The Hall–Kier alpha value is -2.30. The Labute approximate surface area is 120 Å². The molecule has 1 amide bonds. The first-order chi connectivity index (χ1) is 9.74. The van der Waals surface area contributed by atoms with Crippen molar-refractivity contribution in [3.05, 3.63) is 34.5 Å². The summed E-state index contributed by atoms with van der Waals surface area (Å²) in [6.07, 6.45) is 0.648. The van der Waals surface area contributed by atoms with E-state index >= 15 is 0 Å². The summed E-state index contributed by atoms with van der Waals surface area (Å²) in [6, 6.07) is 5.10. The summed E-state index contributed by atoms with van der Waals surface area (Å²) in [7, 11) is 0. The number of rotatable bonds is 3. The highest BCUT2D eigenvalue weighted by molar-refractivity contribution is 7.08. The third-order valence-corrected chi connectivity index (χ3v) is 3.15. The van der Waals surface area contributed by atoms with Gasteiger partial charge in [-0.3, -0.25) is 4.79 Å². The van der Waals surface area contributed by atoms with E-state index in [2.05, 4.69) is 31.7 Å². The molecule has 0 aliphatic heterocycles. The topological polar surface area (TPSA) is 88.0 Å². The van der Waals surface area contributed by atoms with E-state index in [0.717, 1.165) is 11.5 Å². The number of aryl methyl sites for hydroxylation is 1. The highest BCUT2D eigenvalue weighted by Gasteiger charge is 2.15. The van der Waals surface area contributed by atoms with Crippen LogP contribution in [0.3, 0.4) is 0 Å². The van der Waals surface area contributed by atoms with Crippen LogP contribution in [0.5, 0.6) is 0 Å². The molecular weight excluding hydrogens is 276 g/mol. The number of anilines is 1. The lowest BCUT2D eigenvalue weighted by molar-refractivity contribution is 0.102. The molecule has 0 aromatic carbocycles. The van der Waals surface area contributed by atoms with E-state index in [1.54, 1.807) is 18.2 Å². The second kappa shape index (κ2) is 6.75. The lowest BCUT2D eigenvalue weighted by Gasteiger charge is -2.03. The van der Waals surface area contributed by atoms with Gasteiger partial charge in [-0.1, -0.05) is 23.4 Å². The molecule has 2 aromatic heterocycles. The Morgan fingerprint density at radius 1 is 1.50 bits per heavy atom. The van der Waals surface area contributed by atoms with Gasteiger partial charge in [0, 0.05) is 0 Å². The minimum atomic E-state index is -0.281. The van der Waals surface area contributed by atoms with Crippen LogP contribution < -0.4 is 5.32 Å². The van der Waals surface area contributed by atoms with E-state index in [0.29, 0.717) is 28.5 Å². The van der Waals surface area contributed by atoms with Crippen LogP contribution in [0.15, 0.2) is 18.2 Å². The average Bonchev–Trinajstić information content (AvgIpc) is 2.94. The lowest BCUT2D eigenvalue weighted by atomic mass is 10.3. The molecule has 2 N–H and O–H groups in total. The maximum absolute atomic E-state index is 12.1. The van der Waals surface area contributed by atoms with Gasteiger partial charge in [0.2, 0.25) is 0 Å². The van der Waals surface area contributed by atoms with Crippen LogP contribution in [0.25, 0.3) is 0 Å². The number of amides is 1. The van der Waals surface area contributed by atoms with Crippen molar-refractivity contribution in [1.29, 1.82) is 0 Å². The molecule has 2 aromatic rings. The second-order valence-electron chi connectivity index (χ2n) is 3.72. The maximum atomic E-state index is 12.1.